The average molecular weight is 487 g/mol. The van der Waals surface area contributed by atoms with Crippen LogP contribution in [0.3, 0.4) is 0 Å². The van der Waals surface area contributed by atoms with Crippen LogP contribution in [-0.4, -0.2) is 43.8 Å². The van der Waals surface area contributed by atoms with Crippen LogP contribution in [0.2, 0.25) is 5.02 Å². The van der Waals surface area contributed by atoms with Gasteiger partial charge in [-0.25, -0.2) is 17.2 Å². The number of para-hydroxylation sites is 1. The van der Waals surface area contributed by atoms with Crippen LogP contribution in [0.5, 0.6) is 0 Å². The predicted octanol–water partition coefficient (Wildman–Crippen LogP) is 3.59. The molecule has 1 amide bonds. The first-order valence-corrected chi connectivity index (χ1v) is 11.6. The maximum absolute atomic E-state index is 13.9. The zero-order chi connectivity index (χ0) is 23.5. The Morgan fingerprint density at radius 3 is 2.47 bits per heavy atom. The summed E-state index contributed by atoms with van der Waals surface area (Å²) < 4.78 is 58.9. The van der Waals surface area contributed by atoms with E-state index in [1.54, 1.807) is 24.3 Å². The summed E-state index contributed by atoms with van der Waals surface area (Å²) in [4.78, 5) is 24.0. The summed E-state index contributed by atoms with van der Waals surface area (Å²) in [5.41, 5.74) is 0.380. The highest BCUT2D eigenvalue weighted by Crippen LogP contribution is 2.27. The van der Waals surface area contributed by atoms with E-state index in [4.69, 9.17) is 16.3 Å². The van der Waals surface area contributed by atoms with Crippen molar-refractivity contribution in [2.45, 2.75) is 30.8 Å². The highest BCUT2D eigenvalue weighted by atomic mass is 35.5. The van der Waals surface area contributed by atoms with Gasteiger partial charge in [-0.15, -0.1) is 0 Å². The Morgan fingerprint density at radius 1 is 1.16 bits per heavy atom. The van der Waals surface area contributed by atoms with Gasteiger partial charge in [0, 0.05) is 13.1 Å². The number of hydrogen-bond donors (Lipinski definition) is 1. The molecule has 7 nitrogen and oxygen atoms in total. The number of anilines is 1. The molecule has 1 aliphatic heterocycles. The number of hydrogen-bond acceptors (Lipinski definition) is 5. The Morgan fingerprint density at radius 2 is 1.81 bits per heavy atom. The maximum atomic E-state index is 13.9. The number of esters is 1. The van der Waals surface area contributed by atoms with Crippen LogP contribution in [0.4, 0.5) is 14.5 Å². The third-order valence-corrected chi connectivity index (χ3v) is 7.34. The van der Waals surface area contributed by atoms with Gasteiger partial charge in [-0.3, -0.25) is 9.59 Å². The largest absolute Gasteiger partial charge is 0.452 e. The molecule has 1 atom stereocenters. The van der Waals surface area contributed by atoms with Gasteiger partial charge in [0.25, 0.3) is 5.91 Å². The van der Waals surface area contributed by atoms with Gasteiger partial charge in [-0.2, -0.15) is 4.31 Å². The summed E-state index contributed by atoms with van der Waals surface area (Å²) >= 11 is 5.99. The molecule has 32 heavy (non-hydrogen) atoms. The number of amides is 1. The van der Waals surface area contributed by atoms with Crippen LogP contribution in [0.25, 0.3) is 0 Å². The monoisotopic (exact) mass is 486 g/mol. The Kier molecular flexibility index (Phi) is 7.47. The van der Waals surface area contributed by atoms with Crippen LogP contribution in [-0.2, 0) is 24.3 Å². The topological polar surface area (TPSA) is 92.8 Å². The second-order valence-corrected chi connectivity index (χ2v) is 9.61. The molecule has 1 heterocycles. The lowest BCUT2D eigenvalue weighted by Crippen LogP contribution is -2.42. The minimum absolute atomic E-state index is 0.0712. The lowest BCUT2D eigenvalue weighted by atomic mass is 9.98. The summed E-state index contributed by atoms with van der Waals surface area (Å²) in [7, 11) is -4.25. The van der Waals surface area contributed by atoms with Crippen LogP contribution in [0.1, 0.15) is 19.8 Å². The van der Waals surface area contributed by atoms with Gasteiger partial charge in [-0.05, 0) is 50.1 Å². The summed E-state index contributed by atoms with van der Waals surface area (Å²) in [5.74, 6) is -3.75. The summed E-state index contributed by atoms with van der Waals surface area (Å²) in [6.07, 6.45) is -0.858. The first kappa shape index (κ1) is 24.1. The molecule has 0 radical (unpaired) electrons. The molecule has 1 saturated heterocycles. The van der Waals surface area contributed by atoms with Crippen LogP contribution in [0.15, 0.2) is 47.4 Å². The van der Waals surface area contributed by atoms with Gasteiger partial charge in [-0.1, -0.05) is 23.7 Å². The minimum atomic E-state index is -4.25. The van der Waals surface area contributed by atoms with Gasteiger partial charge in [0.1, 0.15) is 16.5 Å². The fourth-order valence-corrected chi connectivity index (χ4v) is 5.00. The third-order valence-electron chi connectivity index (χ3n) is 5.09. The molecule has 0 bridgehead atoms. The molecule has 1 unspecified atom stereocenters. The third kappa shape index (κ3) is 5.43. The van der Waals surface area contributed by atoms with Gasteiger partial charge in [0.05, 0.1) is 16.6 Å². The van der Waals surface area contributed by atoms with Gasteiger partial charge in [0.15, 0.2) is 6.10 Å². The Balaban J connectivity index is 1.56. The number of halogens is 3. The highest BCUT2D eigenvalue weighted by molar-refractivity contribution is 7.89. The summed E-state index contributed by atoms with van der Waals surface area (Å²) in [6.45, 7) is 1.27. The van der Waals surface area contributed by atoms with E-state index in [0.29, 0.717) is 16.8 Å². The normalized spacial score (nSPS) is 16.4. The van der Waals surface area contributed by atoms with Crippen LogP contribution >= 0.6 is 11.6 Å². The van der Waals surface area contributed by atoms with Crippen molar-refractivity contribution >= 4 is 39.2 Å². The second-order valence-electron chi connectivity index (χ2n) is 7.30. The van der Waals surface area contributed by atoms with Crippen molar-refractivity contribution in [1.29, 1.82) is 0 Å². The van der Waals surface area contributed by atoms with E-state index in [9.17, 15) is 26.8 Å². The van der Waals surface area contributed by atoms with E-state index >= 15 is 0 Å². The molecule has 3 rings (SSSR count). The zero-order valence-electron chi connectivity index (χ0n) is 17.1. The van der Waals surface area contributed by atoms with E-state index in [1.165, 1.54) is 6.92 Å². The number of carbonyl (C=O) groups excluding carboxylic acids is 2. The van der Waals surface area contributed by atoms with E-state index in [2.05, 4.69) is 5.32 Å². The molecule has 0 aliphatic carbocycles. The number of ether oxygens (including phenoxy) is 1. The molecule has 2 aromatic carbocycles. The van der Waals surface area contributed by atoms with Crippen molar-refractivity contribution in [1.82, 2.24) is 4.31 Å². The molecule has 1 aliphatic rings. The number of rotatable bonds is 6. The smallest absolute Gasteiger partial charge is 0.309 e. The Labute approximate surface area is 189 Å². The molecule has 0 saturated carbocycles. The molecular formula is C21H21ClF2N2O5S. The first-order valence-electron chi connectivity index (χ1n) is 9.80. The van der Waals surface area contributed by atoms with Crippen molar-refractivity contribution in [2.24, 2.45) is 5.92 Å². The highest BCUT2D eigenvalue weighted by Gasteiger charge is 2.35. The quantitative estimate of drug-likeness (QED) is 0.630. The predicted molar refractivity (Wildman–Crippen MR) is 113 cm³/mol. The van der Waals surface area contributed by atoms with Crippen molar-refractivity contribution in [2.75, 3.05) is 18.4 Å². The second kappa shape index (κ2) is 9.93. The Hall–Kier alpha value is -2.56. The first-order chi connectivity index (χ1) is 15.1. The van der Waals surface area contributed by atoms with E-state index < -0.39 is 50.5 Å². The molecule has 1 fully saturated rings. The molecule has 2 aromatic rings. The van der Waals surface area contributed by atoms with E-state index in [1.807, 2.05) is 0 Å². The minimum Gasteiger partial charge on any atom is -0.452 e. The lowest BCUT2D eigenvalue weighted by Gasteiger charge is -2.30. The molecule has 0 aromatic heterocycles. The zero-order valence-corrected chi connectivity index (χ0v) is 18.6. The van der Waals surface area contributed by atoms with Gasteiger partial charge in [0.2, 0.25) is 10.0 Å². The molecule has 11 heteroatoms. The average Bonchev–Trinajstić information content (AvgIpc) is 2.76. The summed E-state index contributed by atoms with van der Waals surface area (Å²) in [5, 5.41) is 2.91. The standard InChI is InChI=1S/C21H21ClF2N2O5S/c1-13(20(27)25-18-5-3-2-4-16(18)22)31-21(28)14-8-10-26(11-9-14)32(29,30)19-12-15(23)6-7-17(19)24/h2-7,12-14H,8-11H2,1H3,(H,25,27). The Bertz CT molecular complexity index is 1120. The lowest BCUT2D eigenvalue weighted by molar-refractivity contribution is -0.158. The fourth-order valence-electron chi connectivity index (χ4n) is 3.27. The number of benzene rings is 2. The van der Waals surface area contributed by atoms with Crippen molar-refractivity contribution in [3.63, 3.8) is 0 Å². The summed E-state index contributed by atoms with van der Waals surface area (Å²) in [6, 6.07) is 8.81. The maximum Gasteiger partial charge on any atom is 0.309 e. The van der Waals surface area contributed by atoms with Crippen LogP contribution in [0, 0.1) is 17.6 Å². The number of carbonyl (C=O) groups is 2. The fraction of sp³-hybridized carbons (Fsp3) is 0.333. The van der Waals surface area contributed by atoms with Gasteiger partial charge < -0.3 is 10.1 Å². The van der Waals surface area contributed by atoms with Crippen molar-refractivity contribution in [3.8, 4) is 0 Å². The molecule has 172 valence electrons. The van der Waals surface area contributed by atoms with Crippen molar-refractivity contribution in [3.05, 3.63) is 59.1 Å². The molecule has 0 spiro atoms. The van der Waals surface area contributed by atoms with Gasteiger partial charge >= 0.3 is 5.97 Å². The van der Waals surface area contributed by atoms with Crippen LogP contribution < -0.4 is 5.32 Å². The van der Waals surface area contributed by atoms with E-state index in [0.717, 1.165) is 16.4 Å². The number of nitrogens with zero attached hydrogens (tertiary/aromatic N) is 1. The van der Waals surface area contributed by atoms with Crippen molar-refractivity contribution < 1.29 is 31.5 Å². The SMILES string of the molecule is CC(OC(=O)C1CCN(S(=O)(=O)c2cc(F)ccc2F)CC1)C(=O)Nc1ccccc1Cl. The molecule has 1 N–H and O–H groups in total. The number of nitrogens with one attached hydrogen (secondary N) is 1. The number of piperidine rings is 1. The molecular weight excluding hydrogens is 466 g/mol. The number of sulfonamides is 1. The van der Waals surface area contributed by atoms with E-state index in [-0.39, 0.29) is 25.9 Å².